The summed E-state index contributed by atoms with van der Waals surface area (Å²) in [7, 11) is 0. The molecule has 3 rings (SSSR count). The number of benzene rings is 1. The zero-order chi connectivity index (χ0) is 14.8. The molecule has 4 heteroatoms. The number of likely N-dealkylation sites (tertiary alicyclic amines) is 1. The molecule has 1 unspecified atom stereocenters. The van der Waals surface area contributed by atoms with E-state index in [1.807, 2.05) is 0 Å². The molecule has 0 bridgehead atoms. The Labute approximate surface area is 134 Å². The van der Waals surface area contributed by atoms with Crippen molar-refractivity contribution in [1.29, 1.82) is 0 Å². The average molecular weight is 349 g/mol. The average Bonchev–Trinajstić information content (AvgIpc) is 3.05. The largest absolute Gasteiger partial charge is 0.361 e. The summed E-state index contributed by atoms with van der Waals surface area (Å²) in [5, 5.41) is 4.18. The molecular formula is C17H21BrN2O. The first-order valence-electron chi connectivity index (χ1n) is 7.62. The van der Waals surface area contributed by atoms with E-state index in [1.54, 1.807) is 0 Å². The van der Waals surface area contributed by atoms with Crippen LogP contribution in [0.1, 0.15) is 48.4 Å². The number of rotatable bonds is 4. The first-order valence-corrected chi connectivity index (χ1v) is 8.42. The molecular weight excluding hydrogens is 328 g/mol. The molecule has 0 aliphatic carbocycles. The van der Waals surface area contributed by atoms with E-state index in [2.05, 4.69) is 64.1 Å². The van der Waals surface area contributed by atoms with Crippen molar-refractivity contribution in [2.45, 2.75) is 45.7 Å². The fraction of sp³-hybridized carbons (Fsp3) is 0.471. The third-order valence-electron chi connectivity index (χ3n) is 4.28. The Morgan fingerprint density at radius 2 is 2.29 bits per heavy atom. The second-order valence-electron chi connectivity index (χ2n) is 5.72. The number of aryl methyl sites for hydroxylation is 2. The Morgan fingerprint density at radius 3 is 3.05 bits per heavy atom. The molecule has 1 atom stereocenters. The molecule has 0 spiro atoms. The van der Waals surface area contributed by atoms with Crippen LogP contribution in [-0.4, -0.2) is 16.6 Å². The van der Waals surface area contributed by atoms with Gasteiger partial charge in [0.25, 0.3) is 0 Å². The molecule has 0 amide bonds. The highest BCUT2D eigenvalue weighted by Gasteiger charge is 2.31. The van der Waals surface area contributed by atoms with Crippen molar-refractivity contribution in [3.05, 3.63) is 51.3 Å². The van der Waals surface area contributed by atoms with Gasteiger partial charge < -0.3 is 4.52 Å². The molecule has 1 aliphatic rings. The Kier molecular flexibility index (Phi) is 4.45. The maximum Gasteiger partial charge on any atom is 0.141 e. The van der Waals surface area contributed by atoms with E-state index in [0.29, 0.717) is 6.04 Å². The normalized spacial score (nSPS) is 19.3. The standard InChI is InChI=1S/C17H21BrN2O/c1-3-16-17(12(2)19-21-16)15-8-5-9-20(15)11-13-6-4-7-14(18)10-13/h4,6-7,10,15H,3,5,8-9,11H2,1-2H3. The van der Waals surface area contributed by atoms with Crippen LogP contribution in [0.25, 0.3) is 0 Å². The topological polar surface area (TPSA) is 29.3 Å². The lowest BCUT2D eigenvalue weighted by Gasteiger charge is -2.24. The fourth-order valence-electron chi connectivity index (χ4n) is 3.32. The van der Waals surface area contributed by atoms with Gasteiger partial charge in [-0.15, -0.1) is 0 Å². The van der Waals surface area contributed by atoms with Gasteiger partial charge >= 0.3 is 0 Å². The summed E-state index contributed by atoms with van der Waals surface area (Å²) in [6.07, 6.45) is 3.35. The zero-order valence-electron chi connectivity index (χ0n) is 12.6. The van der Waals surface area contributed by atoms with Gasteiger partial charge in [-0.1, -0.05) is 40.1 Å². The van der Waals surface area contributed by atoms with Gasteiger partial charge in [0, 0.05) is 29.0 Å². The fourth-order valence-corrected chi connectivity index (χ4v) is 3.76. The van der Waals surface area contributed by atoms with E-state index in [1.165, 1.54) is 24.0 Å². The maximum atomic E-state index is 5.49. The van der Waals surface area contributed by atoms with Gasteiger partial charge in [-0.3, -0.25) is 4.90 Å². The maximum absolute atomic E-state index is 5.49. The minimum absolute atomic E-state index is 0.449. The monoisotopic (exact) mass is 348 g/mol. The second kappa shape index (κ2) is 6.32. The van der Waals surface area contributed by atoms with Gasteiger partial charge in [0.2, 0.25) is 0 Å². The highest BCUT2D eigenvalue weighted by molar-refractivity contribution is 9.10. The van der Waals surface area contributed by atoms with Crippen molar-refractivity contribution in [1.82, 2.24) is 10.1 Å². The van der Waals surface area contributed by atoms with Gasteiger partial charge in [0.05, 0.1) is 5.69 Å². The lowest BCUT2D eigenvalue weighted by Crippen LogP contribution is -2.23. The number of halogens is 1. The van der Waals surface area contributed by atoms with E-state index in [0.717, 1.165) is 35.4 Å². The molecule has 1 aromatic carbocycles. The predicted molar refractivity (Wildman–Crippen MR) is 87.1 cm³/mol. The Bertz CT molecular complexity index is 623. The van der Waals surface area contributed by atoms with Gasteiger partial charge in [0.1, 0.15) is 5.76 Å². The highest BCUT2D eigenvalue weighted by atomic mass is 79.9. The molecule has 1 fully saturated rings. The molecule has 0 saturated carbocycles. The number of hydrogen-bond donors (Lipinski definition) is 0. The second-order valence-corrected chi connectivity index (χ2v) is 6.63. The van der Waals surface area contributed by atoms with Gasteiger partial charge in [0.15, 0.2) is 0 Å². The summed E-state index contributed by atoms with van der Waals surface area (Å²) < 4.78 is 6.64. The SMILES string of the molecule is CCc1onc(C)c1C1CCCN1Cc1cccc(Br)c1. The quantitative estimate of drug-likeness (QED) is 0.805. The minimum atomic E-state index is 0.449. The van der Waals surface area contributed by atoms with Crippen molar-refractivity contribution >= 4 is 15.9 Å². The van der Waals surface area contributed by atoms with Crippen molar-refractivity contribution < 1.29 is 4.52 Å². The Morgan fingerprint density at radius 1 is 1.43 bits per heavy atom. The first-order chi connectivity index (χ1) is 10.2. The summed E-state index contributed by atoms with van der Waals surface area (Å²) in [5.74, 6) is 1.05. The Hall–Kier alpha value is -1.13. The summed E-state index contributed by atoms with van der Waals surface area (Å²) in [5.41, 5.74) is 3.73. The van der Waals surface area contributed by atoms with E-state index in [4.69, 9.17) is 4.52 Å². The molecule has 1 saturated heterocycles. The molecule has 0 N–H and O–H groups in total. The van der Waals surface area contributed by atoms with E-state index in [-0.39, 0.29) is 0 Å². The molecule has 1 aromatic heterocycles. The number of nitrogens with zero attached hydrogens (tertiary/aromatic N) is 2. The van der Waals surface area contributed by atoms with Gasteiger partial charge in [-0.25, -0.2) is 0 Å². The molecule has 3 nitrogen and oxygen atoms in total. The summed E-state index contributed by atoms with van der Waals surface area (Å²) in [4.78, 5) is 2.56. The van der Waals surface area contributed by atoms with Crippen molar-refractivity contribution in [2.24, 2.45) is 0 Å². The molecule has 1 aliphatic heterocycles. The van der Waals surface area contributed by atoms with Crippen LogP contribution in [0.5, 0.6) is 0 Å². The molecule has 0 radical (unpaired) electrons. The van der Waals surface area contributed by atoms with Crippen molar-refractivity contribution in [3.63, 3.8) is 0 Å². The lowest BCUT2D eigenvalue weighted by atomic mass is 10.0. The van der Waals surface area contributed by atoms with Crippen LogP contribution in [0, 0.1) is 6.92 Å². The number of hydrogen-bond acceptors (Lipinski definition) is 3. The third-order valence-corrected chi connectivity index (χ3v) is 4.77. The minimum Gasteiger partial charge on any atom is -0.361 e. The molecule has 2 heterocycles. The lowest BCUT2D eigenvalue weighted by molar-refractivity contribution is 0.245. The first kappa shape index (κ1) is 14.8. The van der Waals surface area contributed by atoms with Crippen molar-refractivity contribution in [2.75, 3.05) is 6.54 Å². The predicted octanol–water partition coefficient (Wildman–Crippen LogP) is 4.65. The van der Waals surface area contributed by atoms with E-state index >= 15 is 0 Å². The Balaban J connectivity index is 1.84. The van der Waals surface area contributed by atoms with Gasteiger partial charge in [-0.05, 0) is 44.0 Å². The van der Waals surface area contributed by atoms with E-state index < -0.39 is 0 Å². The zero-order valence-corrected chi connectivity index (χ0v) is 14.2. The van der Waals surface area contributed by atoms with Crippen LogP contribution in [0.2, 0.25) is 0 Å². The van der Waals surface area contributed by atoms with Crippen LogP contribution in [0.3, 0.4) is 0 Å². The van der Waals surface area contributed by atoms with Crippen LogP contribution in [0.4, 0.5) is 0 Å². The van der Waals surface area contributed by atoms with Crippen LogP contribution >= 0.6 is 15.9 Å². The summed E-state index contributed by atoms with van der Waals surface area (Å²) in [6.45, 7) is 6.33. The molecule has 112 valence electrons. The molecule has 2 aromatic rings. The highest BCUT2D eigenvalue weighted by Crippen LogP contribution is 2.37. The third kappa shape index (κ3) is 3.06. The van der Waals surface area contributed by atoms with Crippen LogP contribution in [0.15, 0.2) is 33.3 Å². The summed E-state index contributed by atoms with van der Waals surface area (Å²) in [6, 6.07) is 9.03. The molecule has 21 heavy (non-hydrogen) atoms. The van der Waals surface area contributed by atoms with Crippen LogP contribution < -0.4 is 0 Å². The number of aromatic nitrogens is 1. The van der Waals surface area contributed by atoms with Crippen molar-refractivity contribution in [3.8, 4) is 0 Å². The van der Waals surface area contributed by atoms with E-state index in [9.17, 15) is 0 Å². The van der Waals surface area contributed by atoms with Gasteiger partial charge in [-0.2, -0.15) is 0 Å². The van der Waals surface area contributed by atoms with Crippen LogP contribution in [-0.2, 0) is 13.0 Å². The smallest absolute Gasteiger partial charge is 0.141 e. The summed E-state index contributed by atoms with van der Waals surface area (Å²) >= 11 is 3.56.